The summed E-state index contributed by atoms with van der Waals surface area (Å²) >= 11 is 0. The summed E-state index contributed by atoms with van der Waals surface area (Å²) in [5, 5.41) is 3.02. The van der Waals surface area contributed by atoms with Crippen molar-refractivity contribution in [3.8, 4) is 11.5 Å². The number of methoxy groups -OCH3 is 1. The van der Waals surface area contributed by atoms with Gasteiger partial charge in [0.05, 0.1) is 20.1 Å². The molecule has 1 heterocycles. The first-order valence-electron chi connectivity index (χ1n) is 11.0. The maximum Gasteiger partial charge on any atom is 0.227 e. The standard InChI is InChI=1S/C25H30N2O4/c1-30-22-4-2-3-20(14-22)15-25(29)27-11-12-31-23-9-7-18(13-21(23)17-27)8-10-24(28)26-16-19-5-6-19/h2-4,7,9,13-14,19H,5-6,8,10-12,15-17H2,1H3,(H,26,28). The van der Waals surface area contributed by atoms with Gasteiger partial charge in [-0.15, -0.1) is 0 Å². The second kappa shape index (κ2) is 9.86. The van der Waals surface area contributed by atoms with Crippen molar-refractivity contribution in [3.63, 3.8) is 0 Å². The fourth-order valence-electron chi connectivity index (χ4n) is 3.81. The Morgan fingerprint density at radius 3 is 2.84 bits per heavy atom. The average molecular weight is 423 g/mol. The molecule has 6 nitrogen and oxygen atoms in total. The van der Waals surface area contributed by atoms with E-state index in [4.69, 9.17) is 9.47 Å². The number of hydrogen-bond acceptors (Lipinski definition) is 4. The minimum Gasteiger partial charge on any atom is -0.497 e. The highest BCUT2D eigenvalue weighted by Gasteiger charge is 2.22. The summed E-state index contributed by atoms with van der Waals surface area (Å²) in [6.45, 7) is 2.34. The molecule has 1 N–H and O–H groups in total. The van der Waals surface area contributed by atoms with E-state index in [0.717, 1.165) is 34.7 Å². The second-order valence-electron chi connectivity index (χ2n) is 8.38. The van der Waals surface area contributed by atoms with Crippen LogP contribution in [0.4, 0.5) is 0 Å². The number of nitrogens with zero attached hydrogens (tertiary/aromatic N) is 1. The Morgan fingerprint density at radius 2 is 2.03 bits per heavy atom. The maximum atomic E-state index is 12.9. The van der Waals surface area contributed by atoms with E-state index in [1.165, 1.54) is 12.8 Å². The van der Waals surface area contributed by atoms with Crippen molar-refractivity contribution in [3.05, 3.63) is 59.2 Å². The van der Waals surface area contributed by atoms with Gasteiger partial charge in [-0.25, -0.2) is 0 Å². The number of hydrogen-bond donors (Lipinski definition) is 1. The summed E-state index contributed by atoms with van der Waals surface area (Å²) in [6, 6.07) is 13.7. The van der Waals surface area contributed by atoms with Gasteiger partial charge in [-0.3, -0.25) is 9.59 Å². The van der Waals surface area contributed by atoms with Gasteiger partial charge in [-0.1, -0.05) is 24.3 Å². The SMILES string of the molecule is COc1cccc(CC(=O)N2CCOc3ccc(CCC(=O)NCC4CC4)cc3C2)c1. The highest BCUT2D eigenvalue weighted by molar-refractivity contribution is 5.79. The molecule has 0 spiro atoms. The molecule has 2 aromatic rings. The molecule has 0 radical (unpaired) electrons. The van der Waals surface area contributed by atoms with Crippen LogP contribution < -0.4 is 14.8 Å². The van der Waals surface area contributed by atoms with Crippen LogP contribution in [0.2, 0.25) is 0 Å². The van der Waals surface area contributed by atoms with Crippen molar-refractivity contribution in [2.24, 2.45) is 5.92 Å². The molecule has 0 unspecified atom stereocenters. The molecule has 2 aromatic carbocycles. The number of nitrogens with one attached hydrogen (secondary N) is 1. The second-order valence-corrected chi connectivity index (χ2v) is 8.38. The predicted octanol–water partition coefficient (Wildman–Crippen LogP) is 3.12. The summed E-state index contributed by atoms with van der Waals surface area (Å²) in [5.41, 5.74) is 3.01. The molecule has 4 rings (SSSR count). The molecule has 164 valence electrons. The van der Waals surface area contributed by atoms with Crippen LogP contribution >= 0.6 is 0 Å². The largest absolute Gasteiger partial charge is 0.497 e. The highest BCUT2D eigenvalue weighted by Crippen LogP contribution is 2.28. The number of carbonyl (C=O) groups is 2. The molecular weight excluding hydrogens is 392 g/mol. The lowest BCUT2D eigenvalue weighted by Gasteiger charge is -2.20. The molecule has 6 heteroatoms. The summed E-state index contributed by atoms with van der Waals surface area (Å²) in [5.74, 6) is 2.43. The lowest BCUT2D eigenvalue weighted by atomic mass is 10.0. The van der Waals surface area contributed by atoms with E-state index in [0.29, 0.717) is 44.9 Å². The number of fused-ring (bicyclic) bond motifs is 1. The van der Waals surface area contributed by atoms with Crippen LogP contribution in [0.3, 0.4) is 0 Å². The van der Waals surface area contributed by atoms with E-state index in [1.54, 1.807) is 7.11 Å². The number of rotatable bonds is 8. The van der Waals surface area contributed by atoms with Crippen molar-refractivity contribution in [1.82, 2.24) is 10.2 Å². The van der Waals surface area contributed by atoms with Gasteiger partial charge in [0.15, 0.2) is 0 Å². The Morgan fingerprint density at radius 1 is 1.16 bits per heavy atom. The van der Waals surface area contributed by atoms with Gasteiger partial charge in [-0.2, -0.15) is 0 Å². The predicted molar refractivity (Wildman–Crippen MR) is 118 cm³/mol. The summed E-state index contributed by atoms with van der Waals surface area (Å²) < 4.78 is 11.1. The number of aryl methyl sites for hydroxylation is 1. The Balaban J connectivity index is 1.36. The highest BCUT2D eigenvalue weighted by atomic mass is 16.5. The Hall–Kier alpha value is -3.02. The molecule has 0 aromatic heterocycles. The van der Waals surface area contributed by atoms with E-state index in [9.17, 15) is 9.59 Å². The molecule has 31 heavy (non-hydrogen) atoms. The molecule has 1 fully saturated rings. The molecule has 1 saturated carbocycles. The van der Waals surface area contributed by atoms with Crippen molar-refractivity contribution in [1.29, 1.82) is 0 Å². The van der Waals surface area contributed by atoms with Crippen LogP contribution in [0.1, 0.15) is 36.0 Å². The van der Waals surface area contributed by atoms with E-state index >= 15 is 0 Å². The number of ether oxygens (including phenoxy) is 2. The van der Waals surface area contributed by atoms with Crippen molar-refractivity contribution in [2.75, 3.05) is 26.8 Å². The Kier molecular flexibility index (Phi) is 6.75. The smallest absolute Gasteiger partial charge is 0.227 e. The van der Waals surface area contributed by atoms with Crippen molar-refractivity contribution < 1.29 is 19.1 Å². The van der Waals surface area contributed by atoms with Gasteiger partial charge in [0.2, 0.25) is 11.8 Å². The monoisotopic (exact) mass is 422 g/mol. The first-order valence-corrected chi connectivity index (χ1v) is 11.0. The van der Waals surface area contributed by atoms with Crippen LogP contribution in [0.15, 0.2) is 42.5 Å². The lowest BCUT2D eigenvalue weighted by Crippen LogP contribution is -2.33. The maximum absolute atomic E-state index is 12.9. The number of benzene rings is 2. The van der Waals surface area contributed by atoms with Gasteiger partial charge in [0, 0.05) is 25.1 Å². The molecular formula is C25H30N2O4. The Bertz CT molecular complexity index is 939. The number of amides is 2. The van der Waals surface area contributed by atoms with E-state index in [-0.39, 0.29) is 11.8 Å². The molecule has 2 amide bonds. The van der Waals surface area contributed by atoms with E-state index in [1.807, 2.05) is 41.3 Å². The number of carbonyl (C=O) groups excluding carboxylic acids is 2. The molecule has 2 aliphatic rings. The zero-order valence-electron chi connectivity index (χ0n) is 18.1. The fourth-order valence-corrected chi connectivity index (χ4v) is 3.81. The van der Waals surface area contributed by atoms with Crippen molar-refractivity contribution in [2.45, 2.75) is 38.6 Å². The fraction of sp³-hybridized carbons (Fsp3) is 0.440. The zero-order chi connectivity index (χ0) is 21.6. The quantitative estimate of drug-likeness (QED) is 0.710. The topological polar surface area (TPSA) is 67.9 Å². The summed E-state index contributed by atoms with van der Waals surface area (Å²) in [7, 11) is 1.62. The van der Waals surface area contributed by atoms with Gasteiger partial charge < -0.3 is 19.7 Å². The van der Waals surface area contributed by atoms with Crippen LogP contribution in [0.5, 0.6) is 11.5 Å². The first kappa shape index (κ1) is 21.2. The average Bonchev–Trinajstić information content (AvgIpc) is 3.62. The molecule has 0 atom stereocenters. The van der Waals surface area contributed by atoms with E-state index in [2.05, 4.69) is 11.4 Å². The van der Waals surface area contributed by atoms with Gasteiger partial charge in [-0.05, 0) is 54.5 Å². The van der Waals surface area contributed by atoms with Gasteiger partial charge >= 0.3 is 0 Å². The van der Waals surface area contributed by atoms with Gasteiger partial charge in [0.1, 0.15) is 18.1 Å². The van der Waals surface area contributed by atoms with Crippen LogP contribution in [0.25, 0.3) is 0 Å². The van der Waals surface area contributed by atoms with Crippen LogP contribution in [-0.2, 0) is 29.0 Å². The van der Waals surface area contributed by atoms with E-state index < -0.39 is 0 Å². The first-order chi connectivity index (χ1) is 15.1. The molecule has 1 aliphatic heterocycles. The zero-order valence-corrected chi connectivity index (χ0v) is 18.1. The minimum atomic E-state index is 0.0644. The normalized spacial score (nSPS) is 15.5. The Labute approximate surface area is 183 Å². The molecule has 0 bridgehead atoms. The van der Waals surface area contributed by atoms with Crippen LogP contribution in [0, 0.1) is 5.92 Å². The summed E-state index contributed by atoms with van der Waals surface area (Å²) in [6.07, 6.45) is 3.95. The lowest BCUT2D eigenvalue weighted by molar-refractivity contribution is -0.131. The van der Waals surface area contributed by atoms with Crippen molar-refractivity contribution >= 4 is 11.8 Å². The summed E-state index contributed by atoms with van der Waals surface area (Å²) in [4.78, 5) is 26.8. The third-order valence-electron chi connectivity index (χ3n) is 5.87. The third-order valence-corrected chi connectivity index (χ3v) is 5.87. The molecule has 0 saturated heterocycles. The van der Waals surface area contributed by atoms with Gasteiger partial charge in [0.25, 0.3) is 0 Å². The van der Waals surface area contributed by atoms with Crippen LogP contribution in [-0.4, -0.2) is 43.5 Å². The third kappa shape index (κ3) is 6.00. The minimum absolute atomic E-state index is 0.0644. The molecule has 1 aliphatic carbocycles.